The molecule has 1 aliphatic heterocycles. The Labute approximate surface area is 338 Å². The lowest BCUT2D eigenvalue weighted by molar-refractivity contribution is -0.152. The van der Waals surface area contributed by atoms with Gasteiger partial charge in [-0.15, -0.1) is 11.3 Å². The third-order valence-electron chi connectivity index (χ3n) is 10.6. The summed E-state index contributed by atoms with van der Waals surface area (Å²) in [4.78, 5) is 96.0. The van der Waals surface area contributed by atoms with Crippen LogP contribution in [0, 0.1) is 17.8 Å². The molecule has 1 aliphatic rings. The fourth-order valence-electron chi connectivity index (χ4n) is 7.61. The highest BCUT2D eigenvalue weighted by Gasteiger charge is 2.44. The lowest BCUT2D eigenvalue weighted by Gasteiger charge is -2.38. The molecule has 1 N–H and O–H groups in total. The Kier molecular flexibility index (Phi) is 17.5. The molecule has 310 valence electrons. The Morgan fingerprint density at radius 3 is 2.07 bits per heavy atom. The minimum atomic E-state index is -1.02. The second-order valence-electron chi connectivity index (χ2n) is 16.2. The van der Waals surface area contributed by atoms with Crippen LogP contribution in [-0.2, 0) is 41.7 Å². The number of carbonyl (C=O) groups is 6. The number of rotatable bonds is 19. The van der Waals surface area contributed by atoms with Crippen molar-refractivity contribution in [3.63, 3.8) is 0 Å². The SMILES string of the molecule is CCCC(=O)N(C)[C@H](C(=O)N1CCC[C@H]1C(=O)N(C)[C@@H](Cc1ccccc1)C(=O)N[C@@H](CC(C)C)C(=O)N(C)[C@H](C(=O)N(C)Cc1nccs1)C(C)C)C(C)C. The van der Waals surface area contributed by atoms with Crippen molar-refractivity contribution in [3.05, 3.63) is 52.5 Å². The Morgan fingerprint density at radius 1 is 0.875 bits per heavy atom. The van der Waals surface area contributed by atoms with Crippen molar-refractivity contribution in [2.75, 3.05) is 34.7 Å². The Balaban J connectivity index is 1.91. The smallest absolute Gasteiger partial charge is 0.246 e. The highest BCUT2D eigenvalue weighted by atomic mass is 32.1. The second-order valence-corrected chi connectivity index (χ2v) is 17.2. The van der Waals surface area contributed by atoms with Gasteiger partial charge in [-0.25, -0.2) is 4.98 Å². The first kappa shape index (κ1) is 46.1. The van der Waals surface area contributed by atoms with Gasteiger partial charge in [0.15, 0.2) is 0 Å². The van der Waals surface area contributed by atoms with Gasteiger partial charge in [0, 0.05) is 59.2 Å². The van der Waals surface area contributed by atoms with Crippen molar-refractivity contribution < 1.29 is 28.8 Å². The minimum absolute atomic E-state index is 0.0136. The molecule has 6 amide bonds. The quantitative estimate of drug-likeness (QED) is 0.221. The van der Waals surface area contributed by atoms with E-state index in [1.54, 1.807) is 44.2 Å². The second kappa shape index (κ2) is 21.3. The van der Waals surface area contributed by atoms with Gasteiger partial charge in [-0.3, -0.25) is 28.8 Å². The summed E-state index contributed by atoms with van der Waals surface area (Å²) in [7, 11) is 6.51. The van der Waals surface area contributed by atoms with Gasteiger partial charge in [-0.05, 0) is 49.0 Å². The molecule has 0 unspecified atom stereocenters. The molecule has 0 bridgehead atoms. The van der Waals surface area contributed by atoms with E-state index in [-0.39, 0.29) is 47.8 Å². The summed E-state index contributed by atoms with van der Waals surface area (Å²) < 4.78 is 0. The molecule has 0 spiro atoms. The first-order chi connectivity index (χ1) is 26.4. The summed E-state index contributed by atoms with van der Waals surface area (Å²) in [5.41, 5.74) is 0.820. The Bertz CT molecular complexity index is 1620. The fourth-order valence-corrected chi connectivity index (χ4v) is 8.28. The van der Waals surface area contributed by atoms with Gasteiger partial charge in [0.25, 0.3) is 0 Å². The predicted molar refractivity (Wildman–Crippen MR) is 219 cm³/mol. The third-order valence-corrected chi connectivity index (χ3v) is 11.3. The van der Waals surface area contributed by atoms with E-state index in [9.17, 15) is 28.8 Å². The minimum Gasteiger partial charge on any atom is -0.342 e. The number of likely N-dealkylation sites (N-methyl/N-ethyl adjacent to an activating group) is 4. The fraction of sp³-hybridized carbons (Fsp3) is 0.643. The van der Waals surface area contributed by atoms with Gasteiger partial charge in [0.1, 0.15) is 35.2 Å². The zero-order valence-electron chi connectivity index (χ0n) is 35.4. The van der Waals surface area contributed by atoms with Crippen LogP contribution in [0.3, 0.4) is 0 Å². The normalized spacial score (nSPS) is 16.3. The van der Waals surface area contributed by atoms with Crippen LogP contribution in [-0.4, -0.2) is 130 Å². The maximum absolute atomic E-state index is 14.5. The van der Waals surface area contributed by atoms with Crippen LogP contribution in [0.15, 0.2) is 41.9 Å². The number of likely N-dealkylation sites (tertiary alicyclic amines) is 1. The number of nitrogens with one attached hydrogen (secondary N) is 1. The number of nitrogens with zero attached hydrogens (tertiary/aromatic N) is 6. The van der Waals surface area contributed by atoms with Crippen molar-refractivity contribution in [2.45, 2.75) is 124 Å². The average molecular weight is 796 g/mol. The van der Waals surface area contributed by atoms with Gasteiger partial charge in [-0.2, -0.15) is 0 Å². The molecule has 3 rings (SSSR count). The molecule has 1 aromatic carbocycles. The van der Waals surface area contributed by atoms with Crippen molar-refractivity contribution in [3.8, 4) is 0 Å². The van der Waals surface area contributed by atoms with Crippen LogP contribution in [0.2, 0.25) is 0 Å². The van der Waals surface area contributed by atoms with E-state index in [0.29, 0.717) is 45.2 Å². The van der Waals surface area contributed by atoms with Gasteiger partial charge in [0.2, 0.25) is 35.4 Å². The zero-order valence-corrected chi connectivity index (χ0v) is 36.2. The maximum Gasteiger partial charge on any atom is 0.246 e. The lowest BCUT2D eigenvalue weighted by Crippen LogP contribution is -2.60. The van der Waals surface area contributed by atoms with Gasteiger partial charge < -0.3 is 29.8 Å². The molecule has 5 atom stereocenters. The van der Waals surface area contributed by atoms with Crippen LogP contribution in [0.25, 0.3) is 0 Å². The predicted octanol–water partition coefficient (Wildman–Crippen LogP) is 4.46. The molecule has 14 heteroatoms. The van der Waals surface area contributed by atoms with Crippen LogP contribution in [0.1, 0.15) is 91.1 Å². The number of thiazole rings is 1. The highest BCUT2D eigenvalue weighted by molar-refractivity contribution is 7.09. The van der Waals surface area contributed by atoms with Crippen LogP contribution >= 0.6 is 11.3 Å². The topological polar surface area (TPSA) is 144 Å². The molecule has 0 saturated carbocycles. The van der Waals surface area contributed by atoms with Gasteiger partial charge in [0.05, 0.1) is 6.54 Å². The summed E-state index contributed by atoms with van der Waals surface area (Å²) in [6, 6.07) is 5.03. The Morgan fingerprint density at radius 2 is 1.52 bits per heavy atom. The van der Waals surface area contributed by atoms with Crippen LogP contribution < -0.4 is 5.32 Å². The van der Waals surface area contributed by atoms with Crippen molar-refractivity contribution in [2.24, 2.45) is 17.8 Å². The van der Waals surface area contributed by atoms with E-state index in [1.165, 1.54) is 26.0 Å². The first-order valence-corrected chi connectivity index (χ1v) is 20.9. The number of amides is 6. The monoisotopic (exact) mass is 795 g/mol. The summed E-state index contributed by atoms with van der Waals surface area (Å²) in [6.45, 7) is 14.1. The molecule has 2 aromatic rings. The van der Waals surface area contributed by atoms with Crippen molar-refractivity contribution in [1.82, 2.24) is 34.8 Å². The summed E-state index contributed by atoms with van der Waals surface area (Å²) in [5.74, 6) is -2.32. The number of carbonyl (C=O) groups excluding carboxylic acids is 6. The van der Waals surface area contributed by atoms with E-state index >= 15 is 0 Å². The van der Waals surface area contributed by atoms with Gasteiger partial charge >= 0.3 is 0 Å². The molecular formula is C42H65N7O6S. The Hall–Kier alpha value is -4.33. The largest absolute Gasteiger partial charge is 0.342 e. The molecule has 1 fully saturated rings. The molecule has 1 aromatic heterocycles. The zero-order chi connectivity index (χ0) is 41.9. The molecule has 0 radical (unpaired) electrons. The van der Waals surface area contributed by atoms with Crippen molar-refractivity contribution >= 4 is 46.8 Å². The maximum atomic E-state index is 14.5. The van der Waals surface area contributed by atoms with E-state index in [4.69, 9.17) is 0 Å². The molecule has 0 aliphatic carbocycles. The van der Waals surface area contributed by atoms with Crippen LogP contribution in [0.5, 0.6) is 0 Å². The lowest BCUT2D eigenvalue weighted by atomic mass is 9.97. The van der Waals surface area contributed by atoms with E-state index in [1.807, 2.05) is 84.2 Å². The van der Waals surface area contributed by atoms with Gasteiger partial charge in [-0.1, -0.05) is 78.8 Å². The summed E-state index contributed by atoms with van der Waals surface area (Å²) in [5, 5.41) is 5.63. The highest BCUT2D eigenvalue weighted by Crippen LogP contribution is 2.26. The number of hydrogen-bond donors (Lipinski definition) is 1. The molecule has 2 heterocycles. The molecular weight excluding hydrogens is 731 g/mol. The van der Waals surface area contributed by atoms with E-state index < -0.39 is 42.0 Å². The average Bonchev–Trinajstić information content (AvgIpc) is 3.85. The molecule has 13 nitrogen and oxygen atoms in total. The standard InChI is InChI=1S/C42H65N7O6S/c1-12-17-35(50)47(10)37(29(6)7)42(55)49-22-16-20-32(49)40(53)46(9)33(25-30-18-14-13-15-19-30)38(51)44-31(24-27(2)3)39(52)48(11)36(28(4)5)41(54)45(8)26-34-43-21-23-56-34/h13-15,18-19,21,23,27-29,31-33,36-37H,12,16-17,20,22,24-26H2,1-11H3,(H,44,51)/t31-,32-,33-,36-,37-/m0/s1. The third kappa shape index (κ3) is 11.8. The molecule has 1 saturated heterocycles. The first-order valence-electron chi connectivity index (χ1n) is 20.0. The number of hydrogen-bond acceptors (Lipinski definition) is 8. The molecule has 56 heavy (non-hydrogen) atoms. The van der Waals surface area contributed by atoms with Crippen LogP contribution in [0.4, 0.5) is 0 Å². The summed E-state index contributed by atoms with van der Waals surface area (Å²) >= 11 is 1.45. The van der Waals surface area contributed by atoms with E-state index in [2.05, 4.69) is 10.3 Å². The number of aromatic nitrogens is 1. The summed E-state index contributed by atoms with van der Waals surface area (Å²) in [6.07, 6.45) is 4.18. The number of benzene rings is 1. The van der Waals surface area contributed by atoms with E-state index in [0.717, 1.165) is 10.6 Å². The van der Waals surface area contributed by atoms with Crippen molar-refractivity contribution in [1.29, 1.82) is 0 Å².